The third-order valence-corrected chi connectivity index (χ3v) is 7.17. The molecule has 1 N–H and O–H groups in total. The number of hydrogen-bond donors (Lipinski definition) is 1. The number of aliphatic carboxylic acids is 1. The van der Waals surface area contributed by atoms with E-state index in [1.807, 2.05) is 44.4 Å². The molecule has 0 aliphatic carbocycles. The summed E-state index contributed by atoms with van der Waals surface area (Å²) in [4.78, 5) is 39.9. The number of aromatic nitrogens is 2. The Kier molecular flexibility index (Phi) is 7.43. The second-order valence-corrected chi connectivity index (χ2v) is 9.08. The van der Waals surface area contributed by atoms with Gasteiger partial charge in [0, 0.05) is 25.4 Å². The summed E-state index contributed by atoms with van der Waals surface area (Å²) in [7, 11) is 3.62. The Balaban J connectivity index is 0.00000272. The smallest absolute Gasteiger partial charge is 0.543 e. The Morgan fingerprint density at radius 3 is 2.58 bits per heavy atom. The normalized spacial score (nSPS) is 19.8. The summed E-state index contributed by atoms with van der Waals surface area (Å²) in [5.41, 5.74) is 1.04. The topological polar surface area (TPSA) is 119 Å². The van der Waals surface area contributed by atoms with Crippen molar-refractivity contribution in [2.75, 3.05) is 24.7 Å². The van der Waals surface area contributed by atoms with E-state index in [9.17, 15) is 19.5 Å². The molecule has 9 nitrogen and oxygen atoms in total. The van der Waals surface area contributed by atoms with Crippen LogP contribution in [0.1, 0.15) is 10.6 Å². The molecule has 2 aromatic rings. The molecule has 1 aromatic heterocycles. The number of nitrogens with zero attached hydrogens (tertiary/aromatic N) is 4. The number of rotatable bonds is 6. The number of carbonyl (C=O) groups is 3. The summed E-state index contributed by atoms with van der Waals surface area (Å²) in [6.07, 6.45) is 0.147. The van der Waals surface area contributed by atoms with Gasteiger partial charge in [-0.1, -0.05) is 41.7 Å². The summed E-state index contributed by atoms with van der Waals surface area (Å²) < 4.78 is 0. The van der Waals surface area contributed by atoms with Gasteiger partial charge in [-0.2, -0.15) is 0 Å². The van der Waals surface area contributed by atoms with Crippen LogP contribution in [-0.2, 0) is 20.8 Å². The van der Waals surface area contributed by atoms with Crippen LogP contribution in [-0.4, -0.2) is 64.1 Å². The van der Waals surface area contributed by atoms with Gasteiger partial charge in [-0.25, -0.2) is 0 Å². The average molecular weight is 468 g/mol. The minimum Gasteiger partial charge on any atom is -0.543 e. The summed E-state index contributed by atoms with van der Waals surface area (Å²) in [5, 5.41) is 23.3. The van der Waals surface area contributed by atoms with E-state index in [-0.39, 0.29) is 47.6 Å². The SMILES string of the molecule is CN(C)c1nnc(C2=C(C(=O)[O-])N3C(=O)C(NC(=O)Cc4ccccc4)[C@@H]3SC2)s1.[Na+]. The number of benzene rings is 1. The molecule has 31 heavy (non-hydrogen) atoms. The molecule has 0 saturated carbocycles. The second-order valence-electron chi connectivity index (χ2n) is 7.02. The summed E-state index contributed by atoms with van der Waals surface area (Å²) in [6.45, 7) is 0. The van der Waals surface area contributed by atoms with Crippen molar-refractivity contribution >= 4 is 51.6 Å². The van der Waals surface area contributed by atoms with Gasteiger partial charge in [0.15, 0.2) is 0 Å². The molecular formula is C19H18N5NaO4S2. The van der Waals surface area contributed by atoms with Gasteiger partial charge in [-0.3, -0.25) is 14.5 Å². The van der Waals surface area contributed by atoms with Crippen LogP contribution in [0.4, 0.5) is 5.13 Å². The molecule has 1 fully saturated rings. The van der Waals surface area contributed by atoms with Crippen LogP contribution >= 0.6 is 23.1 Å². The van der Waals surface area contributed by atoms with Crippen LogP contribution in [0.5, 0.6) is 0 Å². The molecule has 2 aliphatic rings. The van der Waals surface area contributed by atoms with Crippen molar-refractivity contribution < 1.29 is 49.0 Å². The van der Waals surface area contributed by atoms with Gasteiger partial charge in [-0.05, 0) is 5.56 Å². The standard InChI is InChI=1S/C19H19N5O4S2.Na/c1-23(2)19-22-21-15(30-19)11-9-29-17-13(16(26)24(17)14(11)18(27)28)20-12(25)8-10-6-4-3-5-7-10;/h3-7,13,17H,8-9H2,1-2H3,(H,20,25)(H,27,28);/q;+1/p-1/t13?,17-;/m0./s1. The molecule has 1 unspecified atom stereocenters. The molecule has 2 amide bonds. The van der Waals surface area contributed by atoms with E-state index in [0.29, 0.717) is 21.5 Å². The minimum atomic E-state index is -1.45. The van der Waals surface area contributed by atoms with Crippen LogP contribution in [0.15, 0.2) is 36.0 Å². The molecule has 2 aliphatic heterocycles. The third-order valence-electron chi connectivity index (χ3n) is 4.74. The quantitative estimate of drug-likeness (QED) is 0.347. The molecule has 2 atom stereocenters. The number of β-lactam (4-membered cyclic amide) rings is 1. The van der Waals surface area contributed by atoms with Crippen molar-refractivity contribution in [3.05, 3.63) is 46.6 Å². The molecule has 0 bridgehead atoms. The zero-order chi connectivity index (χ0) is 21.4. The van der Waals surface area contributed by atoms with Gasteiger partial charge in [0.1, 0.15) is 16.4 Å². The number of nitrogens with one attached hydrogen (secondary N) is 1. The summed E-state index contributed by atoms with van der Waals surface area (Å²) in [5.74, 6) is -1.88. The van der Waals surface area contributed by atoms with E-state index in [1.54, 1.807) is 4.90 Å². The molecule has 1 saturated heterocycles. The fourth-order valence-corrected chi connectivity index (χ4v) is 5.54. The minimum absolute atomic E-state index is 0. The van der Waals surface area contributed by atoms with Crippen molar-refractivity contribution in [1.82, 2.24) is 20.4 Å². The van der Waals surface area contributed by atoms with Gasteiger partial charge < -0.3 is 20.1 Å². The molecule has 0 radical (unpaired) electrons. The molecule has 1 aromatic carbocycles. The van der Waals surface area contributed by atoms with Crippen LogP contribution in [0.2, 0.25) is 0 Å². The van der Waals surface area contributed by atoms with Crippen molar-refractivity contribution in [3.8, 4) is 0 Å². The Morgan fingerprint density at radius 2 is 1.97 bits per heavy atom. The first-order chi connectivity index (χ1) is 14.4. The molecule has 4 rings (SSSR count). The first-order valence-corrected chi connectivity index (χ1v) is 11.0. The van der Waals surface area contributed by atoms with Crippen LogP contribution < -0.4 is 44.9 Å². The van der Waals surface area contributed by atoms with E-state index in [0.717, 1.165) is 5.56 Å². The van der Waals surface area contributed by atoms with E-state index in [1.165, 1.54) is 28.0 Å². The molecular weight excluding hydrogens is 449 g/mol. The summed E-state index contributed by atoms with van der Waals surface area (Å²) in [6, 6.07) is 8.42. The number of thioether (sulfide) groups is 1. The maximum Gasteiger partial charge on any atom is 1.00 e. The molecule has 0 spiro atoms. The zero-order valence-corrected chi connectivity index (χ0v) is 20.8. The first kappa shape index (κ1) is 23.7. The first-order valence-electron chi connectivity index (χ1n) is 9.10. The monoisotopic (exact) mass is 467 g/mol. The molecule has 3 heterocycles. The van der Waals surface area contributed by atoms with E-state index in [2.05, 4.69) is 15.5 Å². The van der Waals surface area contributed by atoms with E-state index >= 15 is 0 Å². The van der Waals surface area contributed by atoms with Crippen molar-refractivity contribution in [3.63, 3.8) is 0 Å². The average Bonchev–Trinajstić information content (AvgIpc) is 3.22. The Morgan fingerprint density at radius 1 is 1.26 bits per heavy atom. The van der Waals surface area contributed by atoms with E-state index in [4.69, 9.17) is 0 Å². The number of amides is 2. The number of carboxylic acid groups (broad SMARTS) is 1. The number of anilines is 1. The van der Waals surface area contributed by atoms with Crippen molar-refractivity contribution in [2.45, 2.75) is 17.8 Å². The number of fused-ring (bicyclic) bond motifs is 1. The number of hydrogen-bond acceptors (Lipinski definition) is 9. The predicted molar refractivity (Wildman–Crippen MR) is 111 cm³/mol. The Hall–Kier alpha value is -1.92. The van der Waals surface area contributed by atoms with Gasteiger partial charge in [0.05, 0.1) is 18.1 Å². The Bertz CT molecular complexity index is 1040. The third kappa shape index (κ3) is 4.65. The van der Waals surface area contributed by atoms with Gasteiger partial charge >= 0.3 is 29.6 Å². The predicted octanol–water partition coefficient (Wildman–Crippen LogP) is -3.29. The van der Waals surface area contributed by atoms with Gasteiger partial charge in [0.2, 0.25) is 11.0 Å². The maximum atomic E-state index is 12.7. The molecule has 156 valence electrons. The second kappa shape index (κ2) is 9.70. The summed E-state index contributed by atoms with van der Waals surface area (Å²) >= 11 is 2.63. The number of carboxylic acids is 1. The van der Waals surface area contributed by atoms with E-state index < -0.39 is 23.3 Å². The van der Waals surface area contributed by atoms with Crippen molar-refractivity contribution in [2.24, 2.45) is 0 Å². The Labute approximate surface area is 209 Å². The van der Waals surface area contributed by atoms with Gasteiger partial charge in [-0.15, -0.1) is 22.0 Å². The van der Waals surface area contributed by atoms with Crippen LogP contribution in [0.25, 0.3) is 5.57 Å². The molecule has 12 heteroatoms. The zero-order valence-electron chi connectivity index (χ0n) is 17.2. The largest absolute Gasteiger partial charge is 1.00 e. The maximum absolute atomic E-state index is 12.7. The fraction of sp³-hybridized carbons (Fsp3) is 0.316. The number of carbonyl (C=O) groups excluding carboxylic acids is 3. The van der Waals surface area contributed by atoms with Crippen LogP contribution in [0.3, 0.4) is 0 Å². The fourth-order valence-electron chi connectivity index (χ4n) is 3.30. The van der Waals surface area contributed by atoms with Crippen molar-refractivity contribution in [1.29, 1.82) is 0 Å². The van der Waals surface area contributed by atoms with Crippen LogP contribution in [0, 0.1) is 0 Å². The van der Waals surface area contributed by atoms with Gasteiger partial charge in [0.25, 0.3) is 5.91 Å².